The predicted octanol–water partition coefficient (Wildman–Crippen LogP) is 1.63. The van der Waals surface area contributed by atoms with E-state index in [9.17, 15) is 9.59 Å². The Balaban J connectivity index is 1.50. The van der Waals surface area contributed by atoms with Gasteiger partial charge in [0, 0.05) is 56.8 Å². The summed E-state index contributed by atoms with van der Waals surface area (Å²) in [4.78, 5) is 32.1. The van der Waals surface area contributed by atoms with Gasteiger partial charge in [0.05, 0.1) is 0 Å². The van der Waals surface area contributed by atoms with Crippen LogP contribution in [0.15, 0.2) is 22.7 Å². The third-order valence-electron chi connectivity index (χ3n) is 5.23. The summed E-state index contributed by atoms with van der Waals surface area (Å²) in [5.41, 5.74) is 0.891. The zero-order valence-electron chi connectivity index (χ0n) is 14.5. The maximum atomic E-state index is 12.5. The molecule has 2 aromatic heterocycles. The van der Waals surface area contributed by atoms with E-state index in [1.807, 2.05) is 0 Å². The van der Waals surface area contributed by atoms with Crippen molar-refractivity contribution in [1.29, 1.82) is 0 Å². The van der Waals surface area contributed by atoms with Crippen LogP contribution in [-0.2, 0) is 4.79 Å². The first-order chi connectivity index (χ1) is 12.0. The van der Waals surface area contributed by atoms with Gasteiger partial charge in [0.2, 0.25) is 11.8 Å². The maximum Gasteiger partial charge on any atom is 0.270 e. The second-order valence-corrected chi connectivity index (χ2v) is 7.09. The fourth-order valence-corrected chi connectivity index (χ4v) is 3.79. The van der Waals surface area contributed by atoms with Crippen molar-refractivity contribution in [2.24, 2.45) is 5.92 Å². The summed E-state index contributed by atoms with van der Waals surface area (Å²) in [6.07, 6.45) is 3.88. The monoisotopic (exact) mass is 342 g/mol. The van der Waals surface area contributed by atoms with Gasteiger partial charge in [-0.05, 0) is 25.3 Å². The van der Waals surface area contributed by atoms with Gasteiger partial charge in [0.1, 0.15) is 11.3 Å². The highest BCUT2D eigenvalue weighted by Crippen LogP contribution is 2.28. The van der Waals surface area contributed by atoms with Gasteiger partial charge in [0.25, 0.3) is 5.91 Å². The van der Waals surface area contributed by atoms with Gasteiger partial charge in [-0.15, -0.1) is 0 Å². The molecule has 1 N–H and O–H groups in total. The number of hydrogen-bond donors (Lipinski definition) is 1. The molecule has 0 aromatic carbocycles. The Kier molecular flexibility index (Phi) is 3.95. The molecule has 2 aliphatic rings. The molecule has 0 spiro atoms. The Morgan fingerprint density at radius 2 is 2.20 bits per heavy atom. The zero-order chi connectivity index (χ0) is 17.6. The fraction of sp³-hybridized carbons (Fsp3) is 0.500. The van der Waals surface area contributed by atoms with E-state index in [0.29, 0.717) is 23.1 Å². The van der Waals surface area contributed by atoms with Crippen molar-refractivity contribution in [3.63, 3.8) is 0 Å². The van der Waals surface area contributed by atoms with Crippen molar-refractivity contribution in [3.05, 3.63) is 24.0 Å². The van der Waals surface area contributed by atoms with Crippen LogP contribution in [0.5, 0.6) is 0 Å². The molecule has 4 rings (SSSR count). The van der Waals surface area contributed by atoms with Crippen LogP contribution in [0, 0.1) is 5.92 Å². The topological polar surface area (TPSA) is 78.7 Å². The third kappa shape index (κ3) is 3.11. The van der Waals surface area contributed by atoms with E-state index in [-0.39, 0.29) is 17.9 Å². The second-order valence-electron chi connectivity index (χ2n) is 7.09. The summed E-state index contributed by atoms with van der Waals surface area (Å²) in [5, 5.41) is 3.86. The molecule has 7 nitrogen and oxygen atoms in total. The lowest BCUT2D eigenvalue weighted by Crippen LogP contribution is -2.47. The molecular formula is C18H22N4O3. The third-order valence-corrected chi connectivity index (χ3v) is 5.23. The molecule has 25 heavy (non-hydrogen) atoms. The molecule has 0 radical (unpaired) electrons. The largest absolute Gasteiger partial charge is 0.440 e. The maximum absolute atomic E-state index is 12.5. The van der Waals surface area contributed by atoms with Crippen molar-refractivity contribution in [2.45, 2.75) is 25.8 Å². The second kappa shape index (κ2) is 6.15. The molecule has 3 atom stereocenters. The molecule has 0 aliphatic carbocycles. The number of piperidine rings is 1. The van der Waals surface area contributed by atoms with Crippen LogP contribution >= 0.6 is 0 Å². The highest BCUT2D eigenvalue weighted by molar-refractivity contribution is 5.97. The van der Waals surface area contributed by atoms with Gasteiger partial charge >= 0.3 is 0 Å². The first-order valence-electron chi connectivity index (χ1n) is 8.66. The lowest BCUT2D eigenvalue weighted by molar-refractivity contribution is -0.116. The van der Waals surface area contributed by atoms with Crippen molar-refractivity contribution >= 4 is 28.7 Å². The van der Waals surface area contributed by atoms with E-state index < -0.39 is 0 Å². The van der Waals surface area contributed by atoms with Crippen LogP contribution in [0.4, 0.5) is 5.88 Å². The summed E-state index contributed by atoms with van der Waals surface area (Å²) in [6.45, 7) is 4.69. The Bertz CT molecular complexity index is 819. The first kappa shape index (κ1) is 16.1. The van der Waals surface area contributed by atoms with E-state index in [2.05, 4.69) is 15.2 Å². The van der Waals surface area contributed by atoms with E-state index in [0.717, 1.165) is 31.4 Å². The summed E-state index contributed by atoms with van der Waals surface area (Å²) in [5.74, 6) is 0.849. The highest BCUT2D eigenvalue weighted by atomic mass is 16.4. The fourth-order valence-electron chi connectivity index (χ4n) is 3.79. The summed E-state index contributed by atoms with van der Waals surface area (Å²) >= 11 is 0. The molecule has 2 amide bonds. The Hall–Kier alpha value is -2.41. The SMILES string of the molecule is CC(=O)N(C)c1cc2cnc(C(=O)N[C@@H]3C[C@@H]4CCN(C4)C3)cc2o1. The van der Waals surface area contributed by atoms with Crippen molar-refractivity contribution in [2.75, 3.05) is 31.6 Å². The van der Waals surface area contributed by atoms with Crippen molar-refractivity contribution < 1.29 is 14.0 Å². The molecule has 2 saturated heterocycles. The number of pyridine rings is 1. The molecule has 132 valence electrons. The normalized spacial score (nSPS) is 25.1. The highest BCUT2D eigenvalue weighted by Gasteiger charge is 2.33. The van der Waals surface area contributed by atoms with Gasteiger partial charge in [-0.2, -0.15) is 0 Å². The van der Waals surface area contributed by atoms with Crippen LogP contribution in [0.2, 0.25) is 0 Å². The van der Waals surface area contributed by atoms with Crippen LogP contribution in [0.25, 0.3) is 11.0 Å². The molecule has 2 bridgehead atoms. The average molecular weight is 342 g/mol. The van der Waals surface area contributed by atoms with Gasteiger partial charge in [-0.1, -0.05) is 0 Å². The van der Waals surface area contributed by atoms with Crippen LogP contribution in [0.1, 0.15) is 30.3 Å². The summed E-state index contributed by atoms with van der Waals surface area (Å²) < 4.78 is 5.69. The summed E-state index contributed by atoms with van der Waals surface area (Å²) in [6, 6.07) is 3.57. The summed E-state index contributed by atoms with van der Waals surface area (Å²) in [7, 11) is 1.65. The predicted molar refractivity (Wildman–Crippen MR) is 93.5 cm³/mol. The molecule has 0 saturated carbocycles. The minimum Gasteiger partial charge on any atom is -0.440 e. The zero-order valence-corrected chi connectivity index (χ0v) is 14.5. The van der Waals surface area contributed by atoms with Gasteiger partial charge in [-0.3, -0.25) is 19.5 Å². The first-order valence-corrected chi connectivity index (χ1v) is 8.66. The van der Waals surface area contributed by atoms with E-state index in [1.54, 1.807) is 25.4 Å². The lowest BCUT2D eigenvalue weighted by atomic mass is 9.97. The van der Waals surface area contributed by atoms with Crippen LogP contribution in [-0.4, -0.2) is 54.4 Å². The smallest absolute Gasteiger partial charge is 0.270 e. The number of furan rings is 1. The van der Waals surface area contributed by atoms with Crippen LogP contribution < -0.4 is 10.2 Å². The van der Waals surface area contributed by atoms with Gasteiger partial charge in [-0.25, -0.2) is 0 Å². The molecule has 2 aliphatic heterocycles. The number of nitrogens with one attached hydrogen (secondary N) is 1. The Labute approximate surface area is 146 Å². The minimum atomic E-state index is -0.174. The Morgan fingerprint density at radius 3 is 2.96 bits per heavy atom. The van der Waals surface area contributed by atoms with E-state index in [4.69, 9.17) is 4.42 Å². The molecule has 2 aromatic rings. The number of hydrogen-bond acceptors (Lipinski definition) is 5. The molecule has 4 heterocycles. The number of carbonyl (C=O) groups is 2. The molecule has 1 unspecified atom stereocenters. The number of fused-ring (bicyclic) bond motifs is 3. The van der Waals surface area contributed by atoms with Gasteiger partial charge in [0.15, 0.2) is 0 Å². The standard InChI is InChI=1S/C18H22N4O3/c1-11(23)21(2)17-6-13-8-19-15(7-16(13)25-17)18(24)20-14-5-12-3-4-22(9-12)10-14/h6-8,12,14H,3-5,9-10H2,1-2H3,(H,20,24)/t12-,14+/m0/s1. The lowest BCUT2D eigenvalue weighted by Gasteiger charge is -2.30. The number of carbonyl (C=O) groups excluding carboxylic acids is 2. The number of rotatable bonds is 3. The van der Waals surface area contributed by atoms with E-state index in [1.165, 1.54) is 18.2 Å². The molecular weight excluding hydrogens is 320 g/mol. The van der Waals surface area contributed by atoms with Crippen molar-refractivity contribution in [1.82, 2.24) is 15.2 Å². The number of nitrogens with zero attached hydrogens (tertiary/aromatic N) is 3. The minimum absolute atomic E-state index is 0.119. The van der Waals surface area contributed by atoms with Crippen molar-refractivity contribution in [3.8, 4) is 0 Å². The van der Waals surface area contributed by atoms with Crippen LogP contribution in [0.3, 0.4) is 0 Å². The molecule has 7 heteroatoms. The van der Waals surface area contributed by atoms with Gasteiger partial charge < -0.3 is 14.6 Å². The number of aromatic nitrogens is 1. The quantitative estimate of drug-likeness (QED) is 0.917. The van der Waals surface area contributed by atoms with E-state index >= 15 is 0 Å². The Morgan fingerprint density at radius 1 is 1.36 bits per heavy atom. The molecule has 2 fully saturated rings. The number of amides is 2. The number of anilines is 1. The average Bonchev–Trinajstić information content (AvgIpc) is 3.16.